The van der Waals surface area contributed by atoms with Gasteiger partial charge in [0.25, 0.3) is 0 Å². The standard InChI is InChI=1S/C8H17NO2S/c1-11-8(10)7-9-5-3-4-6-12-2/h9H,3-7H2,1-2H3. The SMILES string of the molecule is COC(=O)CNCCCCSC. The summed E-state index contributed by atoms with van der Waals surface area (Å²) in [5.41, 5.74) is 0. The number of carbonyl (C=O) groups is 1. The summed E-state index contributed by atoms with van der Waals surface area (Å²) in [5, 5.41) is 3.01. The van der Waals surface area contributed by atoms with Crippen LogP contribution in [0.5, 0.6) is 0 Å². The van der Waals surface area contributed by atoms with Crippen molar-refractivity contribution in [1.29, 1.82) is 0 Å². The topological polar surface area (TPSA) is 38.3 Å². The summed E-state index contributed by atoms with van der Waals surface area (Å²) in [6, 6.07) is 0. The Balaban J connectivity index is 2.95. The van der Waals surface area contributed by atoms with E-state index in [1.807, 2.05) is 11.8 Å². The molecule has 0 aromatic rings. The number of rotatable bonds is 7. The Labute approximate surface area is 78.2 Å². The molecule has 0 aliphatic heterocycles. The first-order valence-corrected chi connectivity index (χ1v) is 5.47. The number of esters is 1. The van der Waals surface area contributed by atoms with Gasteiger partial charge in [0.15, 0.2) is 0 Å². The van der Waals surface area contributed by atoms with Crippen LogP contribution in [0.4, 0.5) is 0 Å². The van der Waals surface area contributed by atoms with Crippen LogP contribution < -0.4 is 5.32 Å². The monoisotopic (exact) mass is 191 g/mol. The van der Waals surface area contributed by atoms with Crippen molar-refractivity contribution in [3.63, 3.8) is 0 Å². The van der Waals surface area contributed by atoms with Gasteiger partial charge in [-0.3, -0.25) is 4.79 Å². The van der Waals surface area contributed by atoms with Crippen molar-refractivity contribution in [3.8, 4) is 0 Å². The third-order valence-corrected chi connectivity index (χ3v) is 2.15. The molecule has 0 bridgehead atoms. The molecule has 0 amide bonds. The van der Waals surface area contributed by atoms with Crippen LogP contribution in [0.25, 0.3) is 0 Å². The zero-order valence-corrected chi connectivity index (χ0v) is 8.58. The molecule has 0 rings (SSSR count). The van der Waals surface area contributed by atoms with Gasteiger partial charge in [0, 0.05) is 0 Å². The van der Waals surface area contributed by atoms with Crippen molar-refractivity contribution in [2.24, 2.45) is 0 Å². The zero-order chi connectivity index (χ0) is 9.23. The number of methoxy groups -OCH3 is 1. The first kappa shape index (κ1) is 11.8. The highest BCUT2D eigenvalue weighted by Gasteiger charge is 1.96. The highest BCUT2D eigenvalue weighted by molar-refractivity contribution is 7.98. The second-order valence-corrected chi connectivity index (χ2v) is 3.44. The minimum Gasteiger partial charge on any atom is -0.468 e. The minimum atomic E-state index is -0.195. The summed E-state index contributed by atoms with van der Waals surface area (Å²) in [7, 11) is 1.40. The predicted molar refractivity (Wildman–Crippen MR) is 52.5 cm³/mol. The van der Waals surface area contributed by atoms with Crippen molar-refractivity contribution in [3.05, 3.63) is 0 Å². The maximum Gasteiger partial charge on any atom is 0.319 e. The molecule has 0 aromatic carbocycles. The van der Waals surface area contributed by atoms with Crippen molar-refractivity contribution in [2.75, 3.05) is 32.2 Å². The second kappa shape index (κ2) is 8.87. The van der Waals surface area contributed by atoms with Crippen molar-refractivity contribution in [2.45, 2.75) is 12.8 Å². The van der Waals surface area contributed by atoms with Crippen molar-refractivity contribution in [1.82, 2.24) is 5.32 Å². The maximum absolute atomic E-state index is 10.6. The third-order valence-electron chi connectivity index (χ3n) is 1.45. The second-order valence-electron chi connectivity index (χ2n) is 2.45. The zero-order valence-electron chi connectivity index (χ0n) is 7.76. The average Bonchev–Trinajstić information content (AvgIpc) is 2.10. The molecule has 72 valence electrons. The molecule has 0 saturated heterocycles. The lowest BCUT2D eigenvalue weighted by atomic mass is 10.3. The van der Waals surface area contributed by atoms with E-state index in [0.717, 1.165) is 13.0 Å². The number of hydrogen-bond acceptors (Lipinski definition) is 4. The molecule has 0 heterocycles. The Bertz CT molecular complexity index is 120. The van der Waals surface area contributed by atoms with Crippen LogP contribution >= 0.6 is 11.8 Å². The van der Waals surface area contributed by atoms with Crippen LogP contribution in [0.3, 0.4) is 0 Å². The van der Waals surface area contributed by atoms with E-state index >= 15 is 0 Å². The molecule has 0 saturated carbocycles. The van der Waals surface area contributed by atoms with Crippen LogP contribution in [0, 0.1) is 0 Å². The molecule has 0 aliphatic rings. The van der Waals surface area contributed by atoms with E-state index in [1.165, 1.54) is 19.3 Å². The largest absolute Gasteiger partial charge is 0.468 e. The number of nitrogens with one attached hydrogen (secondary N) is 1. The van der Waals surface area contributed by atoms with Gasteiger partial charge in [-0.2, -0.15) is 11.8 Å². The first-order chi connectivity index (χ1) is 5.81. The summed E-state index contributed by atoms with van der Waals surface area (Å²) in [5.74, 6) is 1.000. The van der Waals surface area contributed by atoms with Crippen LogP contribution in [0.2, 0.25) is 0 Å². The van der Waals surface area contributed by atoms with E-state index in [2.05, 4.69) is 16.3 Å². The molecule has 0 fully saturated rings. The molecular formula is C8H17NO2S. The van der Waals surface area contributed by atoms with E-state index in [1.54, 1.807) is 0 Å². The molecule has 0 atom stereocenters. The fraction of sp³-hybridized carbons (Fsp3) is 0.875. The third kappa shape index (κ3) is 7.88. The van der Waals surface area contributed by atoms with Gasteiger partial charge >= 0.3 is 5.97 Å². The normalized spacial score (nSPS) is 9.83. The molecule has 1 N–H and O–H groups in total. The lowest BCUT2D eigenvalue weighted by molar-refractivity contribution is -0.139. The highest BCUT2D eigenvalue weighted by Crippen LogP contribution is 1.97. The number of thioether (sulfide) groups is 1. The molecule has 0 aliphatic carbocycles. The molecule has 0 aromatic heterocycles. The highest BCUT2D eigenvalue weighted by atomic mass is 32.2. The molecule has 0 spiro atoms. The van der Waals surface area contributed by atoms with Crippen molar-refractivity contribution >= 4 is 17.7 Å². The van der Waals surface area contributed by atoms with Gasteiger partial charge in [0.2, 0.25) is 0 Å². The van der Waals surface area contributed by atoms with E-state index in [4.69, 9.17) is 0 Å². The Morgan fingerprint density at radius 2 is 2.25 bits per heavy atom. The molecule has 0 radical (unpaired) electrons. The van der Waals surface area contributed by atoms with Crippen LogP contribution in [-0.4, -0.2) is 38.2 Å². The quantitative estimate of drug-likeness (QED) is 0.479. The van der Waals surface area contributed by atoms with Gasteiger partial charge in [-0.1, -0.05) is 0 Å². The van der Waals surface area contributed by atoms with Gasteiger partial charge in [-0.05, 0) is 31.4 Å². The summed E-state index contributed by atoms with van der Waals surface area (Å²) in [4.78, 5) is 10.6. The summed E-state index contributed by atoms with van der Waals surface area (Å²) in [6.07, 6.45) is 4.43. The van der Waals surface area contributed by atoms with Crippen molar-refractivity contribution < 1.29 is 9.53 Å². The lowest BCUT2D eigenvalue weighted by Crippen LogP contribution is -2.24. The Morgan fingerprint density at radius 1 is 1.50 bits per heavy atom. The van der Waals surface area contributed by atoms with Crippen LogP contribution in [-0.2, 0) is 9.53 Å². The smallest absolute Gasteiger partial charge is 0.319 e. The molecule has 0 unspecified atom stereocenters. The number of ether oxygens (including phenoxy) is 1. The van der Waals surface area contributed by atoms with Gasteiger partial charge in [0.05, 0.1) is 13.7 Å². The number of hydrogen-bond donors (Lipinski definition) is 1. The van der Waals surface area contributed by atoms with Gasteiger partial charge in [-0.15, -0.1) is 0 Å². The fourth-order valence-corrected chi connectivity index (χ4v) is 1.25. The van der Waals surface area contributed by atoms with Crippen LogP contribution in [0.1, 0.15) is 12.8 Å². The maximum atomic E-state index is 10.6. The van der Waals surface area contributed by atoms with E-state index in [-0.39, 0.29) is 5.97 Å². The summed E-state index contributed by atoms with van der Waals surface area (Å²) >= 11 is 1.85. The van der Waals surface area contributed by atoms with Gasteiger partial charge in [0.1, 0.15) is 0 Å². The predicted octanol–water partition coefficient (Wildman–Crippen LogP) is 0.892. The Hall–Kier alpha value is -0.220. The van der Waals surface area contributed by atoms with E-state index in [9.17, 15) is 4.79 Å². The Kier molecular flexibility index (Phi) is 8.71. The minimum absolute atomic E-state index is 0.195. The van der Waals surface area contributed by atoms with Crippen LogP contribution in [0.15, 0.2) is 0 Å². The Morgan fingerprint density at radius 3 is 2.83 bits per heavy atom. The van der Waals surface area contributed by atoms with Gasteiger partial charge in [-0.25, -0.2) is 0 Å². The summed E-state index contributed by atoms with van der Waals surface area (Å²) < 4.78 is 4.47. The fourth-order valence-electron chi connectivity index (χ4n) is 0.759. The number of carbonyl (C=O) groups excluding carboxylic acids is 1. The first-order valence-electron chi connectivity index (χ1n) is 4.07. The molecule has 4 heteroatoms. The average molecular weight is 191 g/mol. The lowest BCUT2D eigenvalue weighted by Gasteiger charge is -2.01. The van der Waals surface area contributed by atoms with E-state index in [0.29, 0.717) is 6.54 Å². The van der Waals surface area contributed by atoms with Gasteiger partial charge < -0.3 is 10.1 Å². The van der Waals surface area contributed by atoms with E-state index < -0.39 is 0 Å². The molecule has 12 heavy (non-hydrogen) atoms. The number of unbranched alkanes of at least 4 members (excludes halogenated alkanes) is 1. The molecular weight excluding hydrogens is 174 g/mol. The summed E-state index contributed by atoms with van der Waals surface area (Å²) in [6.45, 7) is 1.23. The molecule has 3 nitrogen and oxygen atoms in total.